The molecule has 3 heteroatoms. The van der Waals surface area contributed by atoms with E-state index in [2.05, 4.69) is 22.0 Å². The van der Waals surface area contributed by atoms with Crippen molar-refractivity contribution in [3.05, 3.63) is 36.5 Å². The summed E-state index contributed by atoms with van der Waals surface area (Å²) in [6, 6.07) is 10.2. The van der Waals surface area contributed by atoms with E-state index in [-0.39, 0.29) is 0 Å². The zero-order valence-corrected chi connectivity index (χ0v) is 9.69. The van der Waals surface area contributed by atoms with Gasteiger partial charge in [-0.1, -0.05) is 18.2 Å². The summed E-state index contributed by atoms with van der Waals surface area (Å²) in [6.45, 7) is 0.943. The first kappa shape index (κ1) is 10.3. The second kappa shape index (κ2) is 4.17. The highest BCUT2D eigenvalue weighted by Crippen LogP contribution is 2.23. The van der Waals surface area contributed by atoms with Gasteiger partial charge >= 0.3 is 0 Å². The topological polar surface area (TPSA) is 40.0 Å². The molecule has 1 aliphatic heterocycles. The molecule has 3 nitrogen and oxygen atoms in total. The minimum atomic E-state index is 0.716. The van der Waals surface area contributed by atoms with Crippen molar-refractivity contribution >= 4 is 22.4 Å². The maximum absolute atomic E-state index is 7.99. The SMILES string of the molecule is N=C1CCCCN1c1cnc2ccccc2c1. The maximum Gasteiger partial charge on any atom is 0.100 e. The average molecular weight is 225 g/mol. The van der Waals surface area contributed by atoms with Gasteiger partial charge in [-0.3, -0.25) is 10.4 Å². The first-order valence-corrected chi connectivity index (χ1v) is 6.04. The number of nitrogens with one attached hydrogen (secondary N) is 1. The molecule has 1 fully saturated rings. The second-order valence-corrected chi connectivity index (χ2v) is 4.44. The summed E-state index contributed by atoms with van der Waals surface area (Å²) in [5.74, 6) is 0.716. The highest BCUT2D eigenvalue weighted by molar-refractivity contribution is 5.97. The molecule has 1 N–H and O–H groups in total. The van der Waals surface area contributed by atoms with Crippen LogP contribution in [0.15, 0.2) is 36.5 Å². The molecular formula is C14H15N3. The van der Waals surface area contributed by atoms with E-state index in [1.165, 1.54) is 0 Å². The molecule has 0 atom stereocenters. The molecule has 0 bridgehead atoms. The lowest BCUT2D eigenvalue weighted by atomic mass is 10.1. The van der Waals surface area contributed by atoms with E-state index in [1.54, 1.807) is 0 Å². The van der Waals surface area contributed by atoms with Gasteiger partial charge in [-0.05, 0) is 25.0 Å². The van der Waals surface area contributed by atoms with Gasteiger partial charge in [0.1, 0.15) is 5.84 Å². The molecule has 3 rings (SSSR count). The van der Waals surface area contributed by atoms with Gasteiger partial charge < -0.3 is 4.90 Å². The summed E-state index contributed by atoms with van der Waals surface area (Å²) < 4.78 is 0. The molecule has 1 aromatic carbocycles. The first-order chi connectivity index (χ1) is 8.34. The maximum atomic E-state index is 7.99. The second-order valence-electron chi connectivity index (χ2n) is 4.44. The van der Waals surface area contributed by atoms with E-state index < -0.39 is 0 Å². The minimum Gasteiger partial charge on any atom is -0.329 e. The van der Waals surface area contributed by atoms with Crippen molar-refractivity contribution in [1.82, 2.24) is 4.98 Å². The van der Waals surface area contributed by atoms with Gasteiger partial charge in [0.05, 0.1) is 17.4 Å². The lowest BCUT2D eigenvalue weighted by molar-refractivity contribution is 0.707. The van der Waals surface area contributed by atoms with Gasteiger partial charge in [0.25, 0.3) is 0 Å². The van der Waals surface area contributed by atoms with Crippen LogP contribution in [0.1, 0.15) is 19.3 Å². The zero-order chi connectivity index (χ0) is 11.7. The van der Waals surface area contributed by atoms with Crippen molar-refractivity contribution < 1.29 is 0 Å². The Balaban J connectivity index is 2.02. The molecule has 2 heterocycles. The highest BCUT2D eigenvalue weighted by atomic mass is 15.2. The Kier molecular flexibility index (Phi) is 2.52. The van der Waals surface area contributed by atoms with Crippen LogP contribution < -0.4 is 4.90 Å². The summed E-state index contributed by atoms with van der Waals surface area (Å²) >= 11 is 0. The van der Waals surface area contributed by atoms with Crippen LogP contribution in [0.2, 0.25) is 0 Å². The van der Waals surface area contributed by atoms with Gasteiger partial charge in [0.2, 0.25) is 0 Å². The smallest absolute Gasteiger partial charge is 0.100 e. The molecule has 2 aromatic rings. The number of benzene rings is 1. The van der Waals surface area contributed by atoms with Crippen molar-refractivity contribution in [3.8, 4) is 0 Å². The molecule has 1 aromatic heterocycles. The van der Waals surface area contributed by atoms with Crippen molar-refractivity contribution in [2.75, 3.05) is 11.4 Å². The molecule has 0 unspecified atom stereocenters. The summed E-state index contributed by atoms with van der Waals surface area (Å²) in [7, 11) is 0. The van der Waals surface area contributed by atoms with E-state index in [0.29, 0.717) is 5.84 Å². The Hall–Kier alpha value is -1.90. The Morgan fingerprint density at radius 1 is 1.18 bits per heavy atom. The number of rotatable bonds is 1. The number of anilines is 1. The van der Waals surface area contributed by atoms with Crippen LogP contribution in [0.5, 0.6) is 0 Å². The monoisotopic (exact) mass is 225 g/mol. The zero-order valence-electron chi connectivity index (χ0n) is 9.69. The van der Waals surface area contributed by atoms with Gasteiger partial charge in [0.15, 0.2) is 0 Å². The third-order valence-corrected chi connectivity index (χ3v) is 3.26. The number of aromatic nitrogens is 1. The third kappa shape index (κ3) is 1.88. The highest BCUT2D eigenvalue weighted by Gasteiger charge is 2.16. The summed E-state index contributed by atoms with van der Waals surface area (Å²) in [6.07, 6.45) is 5.06. The fraction of sp³-hybridized carbons (Fsp3) is 0.286. The Labute approximate surface area is 101 Å². The van der Waals surface area contributed by atoms with Crippen LogP contribution in [0, 0.1) is 5.41 Å². The predicted octanol–water partition coefficient (Wildman–Crippen LogP) is 3.20. The van der Waals surface area contributed by atoms with E-state index in [1.807, 2.05) is 24.4 Å². The number of fused-ring (bicyclic) bond motifs is 1. The Morgan fingerprint density at radius 3 is 2.94 bits per heavy atom. The molecule has 0 spiro atoms. The summed E-state index contributed by atoms with van der Waals surface area (Å²) in [5.41, 5.74) is 2.06. The van der Waals surface area contributed by atoms with Gasteiger partial charge in [0, 0.05) is 18.4 Å². The van der Waals surface area contributed by atoms with E-state index in [9.17, 15) is 0 Å². The number of amidine groups is 1. The largest absolute Gasteiger partial charge is 0.329 e. The quantitative estimate of drug-likeness (QED) is 0.809. The van der Waals surface area contributed by atoms with Crippen molar-refractivity contribution in [1.29, 1.82) is 5.41 Å². The van der Waals surface area contributed by atoms with Crippen molar-refractivity contribution in [2.24, 2.45) is 0 Å². The summed E-state index contributed by atoms with van der Waals surface area (Å²) in [4.78, 5) is 6.52. The first-order valence-electron chi connectivity index (χ1n) is 6.04. The number of nitrogens with zero attached hydrogens (tertiary/aromatic N) is 2. The molecule has 0 saturated carbocycles. The molecule has 17 heavy (non-hydrogen) atoms. The van der Waals surface area contributed by atoms with E-state index in [4.69, 9.17) is 5.41 Å². The lowest BCUT2D eigenvalue weighted by Crippen LogP contribution is -2.34. The van der Waals surface area contributed by atoms with E-state index >= 15 is 0 Å². The molecule has 1 aliphatic rings. The number of para-hydroxylation sites is 1. The van der Waals surface area contributed by atoms with Crippen LogP contribution >= 0.6 is 0 Å². The number of hydrogen-bond acceptors (Lipinski definition) is 2. The fourth-order valence-electron chi connectivity index (χ4n) is 2.32. The van der Waals surface area contributed by atoms with Crippen molar-refractivity contribution in [3.63, 3.8) is 0 Å². The standard InChI is InChI=1S/C14H15N3/c15-14-7-3-4-8-17(14)12-9-11-5-1-2-6-13(11)16-10-12/h1-2,5-6,9-10,15H,3-4,7-8H2. The Morgan fingerprint density at radius 2 is 2.06 bits per heavy atom. The third-order valence-electron chi connectivity index (χ3n) is 3.26. The molecule has 0 aliphatic carbocycles. The minimum absolute atomic E-state index is 0.716. The van der Waals surface area contributed by atoms with Gasteiger partial charge in [-0.2, -0.15) is 0 Å². The number of hydrogen-bond donors (Lipinski definition) is 1. The molecular weight excluding hydrogens is 210 g/mol. The molecule has 86 valence electrons. The molecule has 1 saturated heterocycles. The van der Waals surface area contributed by atoms with E-state index in [0.717, 1.165) is 42.4 Å². The molecule has 0 amide bonds. The van der Waals surface area contributed by atoms with Gasteiger partial charge in [-0.15, -0.1) is 0 Å². The number of pyridine rings is 1. The van der Waals surface area contributed by atoms with Crippen molar-refractivity contribution in [2.45, 2.75) is 19.3 Å². The predicted molar refractivity (Wildman–Crippen MR) is 70.7 cm³/mol. The van der Waals surface area contributed by atoms with Gasteiger partial charge in [-0.25, -0.2) is 0 Å². The van der Waals surface area contributed by atoms with Crippen LogP contribution in [0.25, 0.3) is 10.9 Å². The molecule has 0 radical (unpaired) electrons. The Bertz CT molecular complexity index is 562. The fourth-order valence-corrected chi connectivity index (χ4v) is 2.32. The van der Waals surface area contributed by atoms with Crippen LogP contribution in [-0.2, 0) is 0 Å². The van der Waals surface area contributed by atoms with Crippen LogP contribution in [0.3, 0.4) is 0 Å². The number of piperidine rings is 1. The average Bonchev–Trinajstić information content (AvgIpc) is 2.39. The lowest BCUT2D eigenvalue weighted by Gasteiger charge is -2.29. The van der Waals surface area contributed by atoms with Crippen LogP contribution in [0.4, 0.5) is 5.69 Å². The normalized spacial score (nSPS) is 16.5. The summed E-state index contributed by atoms with van der Waals surface area (Å²) in [5, 5.41) is 9.13. The van der Waals surface area contributed by atoms with Crippen LogP contribution in [-0.4, -0.2) is 17.4 Å².